The molecule has 0 spiro atoms. The number of aliphatic hydroxyl groups is 1. The topological polar surface area (TPSA) is 59.0 Å². The van der Waals surface area contributed by atoms with E-state index in [1.54, 1.807) is 25.2 Å². The van der Waals surface area contributed by atoms with E-state index in [-0.39, 0.29) is 12.7 Å². The van der Waals surface area contributed by atoms with Gasteiger partial charge in [0.1, 0.15) is 0 Å². The van der Waals surface area contributed by atoms with Crippen LogP contribution < -0.4 is 14.4 Å². The summed E-state index contributed by atoms with van der Waals surface area (Å²) in [4.78, 5) is 14.2. The quantitative estimate of drug-likeness (QED) is 0.875. The minimum Gasteiger partial charge on any atom is -0.454 e. The van der Waals surface area contributed by atoms with Gasteiger partial charge in [-0.15, -0.1) is 0 Å². The number of carbonyl (C=O) groups is 1. The Balaban J connectivity index is 0.000000815. The zero-order valence-electron chi connectivity index (χ0n) is 14.3. The maximum absolute atomic E-state index is 12.7. The second-order valence-corrected chi connectivity index (χ2v) is 5.61. The number of carbonyl (C=O) groups excluding carboxylic acids is 1. The van der Waals surface area contributed by atoms with Crippen molar-refractivity contribution in [3.8, 4) is 11.5 Å². The van der Waals surface area contributed by atoms with Crippen LogP contribution in [0, 0.1) is 6.92 Å². The van der Waals surface area contributed by atoms with Crippen molar-refractivity contribution in [2.75, 3.05) is 18.7 Å². The monoisotopic (exact) mass is 327 g/mol. The summed E-state index contributed by atoms with van der Waals surface area (Å²) in [5, 5.41) is 11.3. The van der Waals surface area contributed by atoms with Crippen LogP contribution in [0.5, 0.6) is 11.5 Å². The number of amides is 1. The molecule has 2 heterocycles. The third-order valence-electron chi connectivity index (χ3n) is 4.38. The van der Waals surface area contributed by atoms with Gasteiger partial charge in [-0.1, -0.05) is 32.0 Å². The fourth-order valence-electron chi connectivity index (χ4n) is 3.23. The zero-order valence-corrected chi connectivity index (χ0v) is 14.3. The first kappa shape index (κ1) is 16.3. The van der Waals surface area contributed by atoms with E-state index < -0.39 is 5.60 Å². The summed E-state index contributed by atoms with van der Waals surface area (Å²) in [7, 11) is 1.67. The highest BCUT2D eigenvalue weighted by Gasteiger charge is 2.50. The summed E-state index contributed by atoms with van der Waals surface area (Å²) < 4.78 is 10.7. The molecule has 2 aliphatic heterocycles. The molecule has 0 fully saturated rings. The van der Waals surface area contributed by atoms with Crippen LogP contribution in [0.15, 0.2) is 36.4 Å². The molecule has 5 nitrogen and oxygen atoms in total. The molecule has 2 aliphatic rings. The lowest BCUT2D eigenvalue weighted by molar-refractivity contribution is -0.131. The first-order valence-corrected chi connectivity index (χ1v) is 8.04. The van der Waals surface area contributed by atoms with Gasteiger partial charge in [0, 0.05) is 18.2 Å². The number of benzene rings is 2. The Kier molecular flexibility index (Phi) is 3.97. The third kappa shape index (κ3) is 2.08. The molecule has 5 heteroatoms. The molecule has 2 aromatic carbocycles. The van der Waals surface area contributed by atoms with Crippen LogP contribution in [0.2, 0.25) is 0 Å². The van der Waals surface area contributed by atoms with E-state index in [2.05, 4.69) is 0 Å². The number of para-hydroxylation sites is 1. The molecule has 24 heavy (non-hydrogen) atoms. The van der Waals surface area contributed by atoms with Crippen LogP contribution in [0.1, 0.15) is 30.5 Å². The molecular weight excluding hydrogens is 306 g/mol. The number of likely N-dealkylation sites (N-methyl/N-ethyl adjacent to an activating group) is 1. The highest BCUT2D eigenvalue weighted by Crippen LogP contribution is 2.47. The minimum atomic E-state index is -1.70. The average molecular weight is 327 g/mol. The van der Waals surface area contributed by atoms with Crippen molar-refractivity contribution in [1.29, 1.82) is 0 Å². The third-order valence-corrected chi connectivity index (χ3v) is 4.38. The van der Waals surface area contributed by atoms with Gasteiger partial charge in [0.05, 0.1) is 5.69 Å². The van der Waals surface area contributed by atoms with E-state index in [1.807, 2.05) is 39.0 Å². The average Bonchev–Trinajstić information content (AvgIpc) is 3.14. The van der Waals surface area contributed by atoms with Gasteiger partial charge >= 0.3 is 0 Å². The first-order chi connectivity index (χ1) is 11.5. The molecule has 4 rings (SSSR count). The number of nitrogens with zero attached hydrogens (tertiary/aromatic N) is 1. The van der Waals surface area contributed by atoms with Gasteiger partial charge in [0.25, 0.3) is 5.91 Å². The Morgan fingerprint density at radius 3 is 2.42 bits per heavy atom. The van der Waals surface area contributed by atoms with E-state index in [9.17, 15) is 9.90 Å². The predicted molar refractivity (Wildman–Crippen MR) is 91.5 cm³/mol. The molecule has 2 aromatic rings. The fraction of sp³-hybridized carbons (Fsp3) is 0.316. The van der Waals surface area contributed by atoms with Crippen molar-refractivity contribution in [3.05, 3.63) is 53.1 Å². The number of aryl methyl sites for hydroxylation is 1. The molecule has 0 saturated heterocycles. The van der Waals surface area contributed by atoms with E-state index in [0.717, 1.165) is 5.56 Å². The molecule has 0 aliphatic carbocycles. The Labute approximate surface area is 141 Å². The summed E-state index contributed by atoms with van der Waals surface area (Å²) >= 11 is 0. The van der Waals surface area contributed by atoms with E-state index in [1.165, 1.54) is 4.90 Å². The zero-order chi connectivity index (χ0) is 17.5. The molecule has 0 aromatic heterocycles. The van der Waals surface area contributed by atoms with E-state index >= 15 is 0 Å². The maximum Gasteiger partial charge on any atom is 0.268 e. The van der Waals surface area contributed by atoms with Crippen molar-refractivity contribution in [1.82, 2.24) is 0 Å². The lowest BCUT2D eigenvalue weighted by atomic mass is 9.84. The minimum absolute atomic E-state index is 0.154. The van der Waals surface area contributed by atoms with Gasteiger partial charge in [0.2, 0.25) is 6.79 Å². The fourth-order valence-corrected chi connectivity index (χ4v) is 3.23. The summed E-state index contributed by atoms with van der Waals surface area (Å²) in [5.74, 6) is 0.821. The Morgan fingerprint density at radius 1 is 1.08 bits per heavy atom. The SMILES string of the molecule is CC.Cc1cc2c(cc1C1(O)C(=O)N(C)c3ccccc31)OCO2. The Morgan fingerprint density at radius 2 is 1.71 bits per heavy atom. The molecule has 0 bridgehead atoms. The summed E-state index contributed by atoms with van der Waals surface area (Å²) in [6, 6.07) is 10.8. The van der Waals surface area contributed by atoms with Crippen LogP contribution in [-0.2, 0) is 10.4 Å². The Hall–Kier alpha value is -2.53. The summed E-state index contributed by atoms with van der Waals surface area (Å²) in [6.07, 6.45) is 0. The predicted octanol–water partition coefficient (Wildman–Crippen LogP) is 2.96. The van der Waals surface area contributed by atoms with Crippen molar-refractivity contribution in [3.63, 3.8) is 0 Å². The summed E-state index contributed by atoms with van der Waals surface area (Å²) in [6.45, 7) is 6.00. The molecule has 1 atom stereocenters. The van der Waals surface area contributed by atoms with Gasteiger partial charge in [0.15, 0.2) is 17.1 Å². The van der Waals surface area contributed by atoms with Crippen LogP contribution in [0.3, 0.4) is 0 Å². The normalized spacial score (nSPS) is 20.5. The highest BCUT2D eigenvalue weighted by atomic mass is 16.7. The number of hydrogen-bond donors (Lipinski definition) is 1. The van der Waals surface area contributed by atoms with Gasteiger partial charge in [-0.2, -0.15) is 0 Å². The van der Waals surface area contributed by atoms with Crippen molar-refractivity contribution in [2.24, 2.45) is 0 Å². The summed E-state index contributed by atoms with van der Waals surface area (Å²) in [5.41, 5.74) is 0.913. The lowest BCUT2D eigenvalue weighted by Crippen LogP contribution is -2.40. The Bertz CT molecular complexity index is 802. The second kappa shape index (κ2) is 5.83. The molecule has 0 saturated carbocycles. The molecule has 1 N–H and O–H groups in total. The van der Waals surface area contributed by atoms with Crippen molar-refractivity contribution in [2.45, 2.75) is 26.4 Å². The molecule has 1 amide bonds. The first-order valence-electron chi connectivity index (χ1n) is 8.04. The molecular formula is C19H21NO4. The molecule has 126 valence electrons. The second-order valence-electron chi connectivity index (χ2n) is 5.61. The number of ether oxygens (including phenoxy) is 2. The highest BCUT2D eigenvalue weighted by molar-refractivity contribution is 6.08. The van der Waals surface area contributed by atoms with E-state index in [0.29, 0.717) is 28.3 Å². The van der Waals surface area contributed by atoms with Gasteiger partial charge < -0.3 is 19.5 Å². The number of fused-ring (bicyclic) bond motifs is 2. The largest absolute Gasteiger partial charge is 0.454 e. The van der Waals surface area contributed by atoms with E-state index in [4.69, 9.17) is 9.47 Å². The van der Waals surface area contributed by atoms with Crippen LogP contribution >= 0.6 is 0 Å². The smallest absolute Gasteiger partial charge is 0.268 e. The number of hydrogen-bond acceptors (Lipinski definition) is 4. The standard InChI is InChI=1S/C17H15NO4.C2H6/c1-10-7-14-15(22-9-21-14)8-12(10)17(20)11-5-3-4-6-13(11)18(2)16(17)19;1-2/h3-8,20H,9H2,1-2H3;1-2H3. The van der Waals surface area contributed by atoms with Crippen LogP contribution in [-0.4, -0.2) is 24.9 Å². The van der Waals surface area contributed by atoms with Crippen LogP contribution in [0.4, 0.5) is 5.69 Å². The van der Waals surface area contributed by atoms with Gasteiger partial charge in [-0.05, 0) is 30.7 Å². The molecule has 1 unspecified atom stereocenters. The van der Waals surface area contributed by atoms with Crippen molar-refractivity contribution >= 4 is 11.6 Å². The molecule has 0 radical (unpaired) electrons. The van der Waals surface area contributed by atoms with Crippen molar-refractivity contribution < 1.29 is 19.4 Å². The maximum atomic E-state index is 12.7. The van der Waals surface area contributed by atoms with Crippen LogP contribution in [0.25, 0.3) is 0 Å². The lowest BCUT2D eigenvalue weighted by Gasteiger charge is -2.24. The number of anilines is 1. The van der Waals surface area contributed by atoms with Gasteiger partial charge in [-0.3, -0.25) is 4.79 Å². The number of rotatable bonds is 1. The van der Waals surface area contributed by atoms with Gasteiger partial charge in [-0.25, -0.2) is 0 Å².